The van der Waals surface area contributed by atoms with Gasteiger partial charge in [-0.25, -0.2) is 4.98 Å². The van der Waals surface area contributed by atoms with Gasteiger partial charge in [-0.1, -0.05) is 12.8 Å². The van der Waals surface area contributed by atoms with E-state index in [4.69, 9.17) is 0 Å². The molecule has 19 heavy (non-hydrogen) atoms. The lowest BCUT2D eigenvalue weighted by atomic mass is 9.91. The first-order chi connectivity index (χ1) is 8.95. The molecule has 0 aromatic carbocycles. The first kappa shape index (κ1) is 15.0. The molecular formula is C13H16F3NS2. The van der Waals surface area contributed by atoms with Crippen molar-refractivity contribution in [2.75, 3.05) is 11.5 Å². The molecule has 0 saturated heterocycles. The Balaban J connectivity index is 1.96. The van der Waals surface area contributed by atoms with Gasteiger partial charge in [0, 0.05) is 11.9 Å². The van der Waals surface area contributed by atoms with Crippen molar-refractivity contribution in [1.82, 2.24) is 4.98 Å². The maximum absolute atomic E-state index is 12.4. The largest absolute Gasteiger partial charge is 0.417 e. The van der Waals surface area contributed by atoms with E-state index in [0.29, 0.717) is 5.03 Å². The lowest BCUT2D eigenvalue weighted by molar-refractivity contribution is -0.137. The number of alkyl halides is 3. The Morgan fingerprint density at radius 2 is 1.95 bits per heavy atom. The molecule has 0 aliphatic heterocycles. The molecule has 0 unspecified atom stereocenters. The van der Waals surface area contributed by atoms with Gasteiger partial charge in [-0.3, -0.25) is 0 Å². The SMILES string of the molecule is FC(F)(F)c1ccc(SCC2(CS)CCCC2)nc1. The molecule has 0 atom stereocenters. The first-order valence-electron chi connectivity index (χ1n) is 6.22. The second-order valence-corrected chi connectivity index (χ2v) is 6.35. The van der Waals surface area contributed by atoms with Crippen LogP contribution in [0.4, 0.5) is 13.2 Å². The molecule has 106 valence electrons. The van der Waals surface area contributed by atoms with Gasteiger partial charge in [0.25, 0.3) is 0 Å². The Morgan fingerprint density at radius 1 is 1.26 bits per heavy atom. The fraction of sp³-hybridized carbons (Fsp3) is 0.615. The van der Waals surface area contributed by atoms with Crippen molar-refractivity contribution in [3.05, 3.63) is 23.9 Å². The van der Waals surface area contributed by atoms with Crippen molar-refractivity contribution in [3.63, 3.8) is 0 Å². The van der Waals surface area contributed by atoms with Gasteiger partial charge < -0.3 is 0 Å². The van der Waals surface area contributed by atoms with Crippen LogP contribution in [0.3, 0.4) is 0 Å². The van der Waals surface area contributed by atoms with Crippen LogP contribution in [0.5, 0.6) is 0 Å². The number of pyridine rings is 1. The van der Waals surface area contributed by atoms with E-state index in [-0.39, 0.29) is 5.41 Å². The smallest absolute Gasteiger partial charge is 0.249 e. The minimum atomic E-state index is -4.31. The van der Waals surface area contributed by atoms with E-state index in [1.165, 1.54) is 30.7 Å². The monoisotopic (exact) mass is 307 g/mol. The highest BCUT2D eigenvalue weighted by molar-refractivity contribution is 7.99. The minimum Gasteiger partial charge on any atom is -0.249 e. The maximum Gasteiger partial charge on any atom is 0.417 e. The topological polar surface area (TPSA) is 12.9 Å². The van der Waals surface area contributed by atoms with E-state index in [0.717, 1.165) is 36.6 Å². The fourth-order valence-corrected chi connectivity index (χ4v) is 4.05. The van der Waals surface area contributed by atoms with E-state index in [1.807, 2.05) is 0 Å². The van der Waals surface area contributed by atoms with Crippen LogP contribution in [0.15, 0.2) is 23.4 Å². The van der Waals surface area contributed by atoms with Gasteiger partial charge in [0.15, 0.2) is 0 Å². The normalized spacial score (nSPS) is 18.7. The third-order valence-electron chi connectivity index (χ3n) is 3.59. The molecule has 1 aromatic rings. The standard InChI is InChI=1S/C13H16F3NS2/c14-13(15,16)10-3-4-11(17-7-10)19-9-12(8-18)5-1-2-6-12/h3-4,7,18H,1-2,5-6,8-9H2. The maximum atomic E-state index is 12.4. The second kappa shape index (κ2) is 5.95. The molecule has 1 saturated carbocycles. The fourth-order valence-electron chi connectivity index (χ4n) is 2.33. The molecule has 1 heterocycles. The third-order valence-corrected chi connectivity index (χ3v) is 5.55. The summed E-state index contributed by atoms with van der Waals surface area (Å²) in [6.45, 7) is 0. The van der Waals surface area contributed by atoms with Gasteiger partial charge in [0.05, 0.1) is 10.6 Å². The quantitative estimate of drug-likeness (QED) is 0.640. The summed E-state index contributed by atoms with van der Waals surface area (Å²) >= 11 is 5.95. The lowest BCUT2D eigenvalue weighted by Gasteiger charge is -2.26. The van der Waals surface area contributed by atoms with Crippen LogP contribution in [-0.4, -0.2) is 16.5 Å². The van der Waals surface area contributed by atoms with Crippen molar-refractivity contribution in [3.8, 4) is 0 Å². The molecule has 1 aliphatic carbocycles. The van der Waals surface area contributed by atoms with Crippen molar-refractivity contribution in [2.24, 2.45) is 5.41 Å². The molecule has 1 aliphatic rings. The van der Waals surface area contributed by atoms with E-state index in [1.54, 1.807) is 0 Å². The second-order valence-electron chi connectivity index (χ2n) is 5.04. The number of halogens is 3. The van der Waals surface area contributed by atoms with Crippen LogP contribution in [0.1, 0.15) is 31.2 Å². The number of hydrogen-bond donors (Lipinski definition) is 1. The molecule has 0 bridgehead atoms. The highest BCUT2D eigenvalue weighted by Crippen LogP contribution is 2.42. The van der Waals surface area contributed by atoms with E-state index in [9.17, 15) is 13.2 Å². The van der Waals surface area contributed by atoms with Crippen molar-refractivity contribution in [1.29, 1.82) is 0 Å². The number of hydrogen-bond acceptors (Lipinski definition) is 3. The zero-order valence-corrected chi connectivity index (χ0v) is 12.1. The predicted molar refractivity (Wildman–Crippen MR) is 74.7 cm³/mol. The molecule has 1 fully saturated rings. The van der Waals surface area contributed by atoms with E-state index < -0.39 is 11.7 Å². The highest BCUT2D eigenvalue weighted by atomic mass is 32.2. The van der Waals surface area contributed by atoms with Gasteiger partial charge in [0.2, 0.25) is 0 Å². The summed E-state index contributed by atoms with van der Waals surface area (Å²) in [6.07, 6.45) is 1.36. The van der Waals surface area contributed by atoms with Crippen molar-refractivity contribution in [2.45, 2.75) is 36.9 Å². The van der Waals surface area contributed by atoms with Crippen LogP contribution in [0, 0.1) is 5.41 Å². The Morgan fingerprint density at radius 3 is 2.42 bits per heavy atom. The molecular weight excluding hydrogens is 291 g/mol. The van der Waals surface area contributed by atoms with Crippen LogP contribution in [0.2, 0.25) is 0 Å². The molecule has 0 amide bonds. The zero-order chi connectivity index (χ0) is 13.9. The van der Waals surface area contributed by atoms with E-state index in [2.05, 4.69) is 17.6 Å². The van der Waals surface area contributed by atoms with Gasteiger partial charge in [-0.05, 0) is 36.1 Å². The van der Waals surface area contributed by atoms with Crippen molar-refractivity contribution >= 4 is 24.4 Å². The Kier molecular flexibility index (Phi) is 4.71. The predicted octanol–water partition coefficient (Wildman–Crippen LogP) is 4.68. The minimum absolute atomic E-state index is 0.234. The average Bonchev–Trinajstić information content (AvgIpc) is 2.85. The van der Waals surface area contributed by atoms with Gasteiger partial charge in [0.1, 0.15) is 0 Å². The first-order valence-corrected chi connectivity index (χ1v) is 7.84. The number of aromatic nitrogens is 1. The third kappa shape index (κ3) is 3.81. The highest BCUT2D eigenvalue weighted by Gasteiger charge is 2.33. The Bertz CT molecular complexity index is 411. The lowest BCUT2D eigenvalue weighted by Crippen LogP contribution is -2.21. The summed E-state index contributed by atoms with van der Waals surface area (Å²) in [4.78, 5) is 3.89. The summed E-state index contributed by atoms with van der Waals surface area (Å²) in [5.74, 6) is 1.72. The molecule has 0 N–H and O–H groups in total. The molecule has 1 aromatic heterocycles. The number of nitrogens with zero attached hydrogens (tertiary/aromatic N) is 1. The Hall–Kier alpha value is -0.360. The van der Waals surface area contributed by atoms with Crippen LogP contribution in [0.25, 0.3) is 0 Å². The molecule has 6 heteroatoms. The summed E-state index contributed by atoms with van der Waals surface area (Å²) < 4.78 is 37.2. The zero-order valence-electron chi connectivity index (χ0n) is 10.4. The van der Waals surface area contributed by atoms with Gasteiger partial charge >= 0.3 is 6.18 Å². The van der Waals surface area contributed by atoms with E-state index >= 15 is 0 Å². The van der Waals surface area contributed by atoms with Crippen LogP contribution < -0.4 is 0 Å². The molecule has 2 rings (SSSR count). The van der Waals surface area contributed by atoms with Crippen LogP contribution in [-0.2, 0) is 6.18 Å². The molecule has 0 radical (unpaired) electrons. The van der Waals surface area contributed by atoms with Crippen molar-refractivity contribution < 1.29 is 13.2 Å². The number of thiol groups is 1. The summed E-state index contributed by atoms with van der Waals surface area (Å²) in [5, 5.41) is 0.654. The van der Waals surface area contributed by atoms with Gasteiger partial charge in [-0.15, -0.1) is 11.8 Å². The van der Waals surface area contributed by atoms with Crippen LogP contribution >= 0.6 is 24.4 Å². The summed E-state index contributed by atoms with van der Waals surface area (Å²) in [6, 6.07) is 2.55. The number of thioether (sulfide) groups is 1. The average molecular weight is 307 g/mol. The number of rotatable bonds is 4. The molecule has 1 nitrogen and oxygen atoms in total. The summed E-state index contributed by atoms with van der Waals surface area (Å²) in [5.41, 5.74) is -0.459. The Labute approximate surface area is 120 Å². The summed E-state index contributed by atoms with van der Waals surface area (Å²) in [7, 11) is 0. The van der Waals surface area contributed by atoms with Gasteiger partial charge in [-0.2, -0.15) is 25.8 Å². The molecule has 0 spiro atoms.